The Kier molecular flexibility index (Phi) is 5.43. The van der Waals surface area contributed by atoms with Crippen molar-refractivity contribution in [2.24, 2.45) is 0 Å². The monoisotopic (exact) mass is 323 g/mol. The highest BCUT2D eigenvalue weighted by molar-refractivity contribution is 6.88. The van der Waals surface area contributed by atoms with E-state index >= 15 is 0 Å². The topological polar surface area (TPSA) is 46.5 Å². The van der Waals surface area contributed by atoms with Gasteiger partial charge in [0.05, 0.1) is 19.3 Å². The molecule has 0 unspecified atom stereocenters. The van der Waals surface area contributed by atoms with E-state index in [1.807, 2.05) is 19.6 Å². The van der Waals surface area contributed by atoms with Gasteiger partial charge in [0.2, 0.25) is 0 Å². The van der Waals surface area contributed by atoms with Crippen LogP contribution < -0.4 is 10.6 Å². The zero-order valence-electron chi connectivity index (χ0n) is 14.5. The van der Waals surface area contributed by atoms with E-state index in [2.05, 4.69) is 0 Å². The zero-order chi connectivity index (χ0) is 17.3. The highest BCUT2D eigenvalue weighted by atomic mass is 28.3. The summed E-state index contributed by atoms with van der Waals surface area (Å²) in [6, 6.07) is 3.42. The molecular weight excluding hydrogens is 298 g/mol. The lowest BCUT2D eigenvalue weighted by Crippen LogP contribution is -2.50. The standard InChI is InChI=1S/C16H25BFO3Si/c1-15(2,20)16(3,4)21-17-12-8-9-13(22(5,6)7)14(18)11(12)10-19/h8-10,20H,1-7H3. The molecule has 0 saturated heterocycles. The molecule has 0 aromatic heterocycles. The highest BCUT2D eigenvalue weighted by Crippen LogP contribution is 2.24. The summed E-state index contributed by atoms with van der Waals surface area (Å²) in [4.78, 5) is 11.3. The third-order valence-electron chi connectivity index (χ3n) is 4.09. The second-order valence-electron chi connectivity index (χ2n) is 7.60. The minimum atomic E-state index is -1.87. The van der Waals surface area contributed by atoms with Crippen molar-refractivity contribution < 1.29 is 18.9 Å². The minimum absolute atomic E-state index is 0.00599. The maximum Gasteiger partial charge on any atom is 0.331 e. The van der Waals surface area contributed by atoms with Crippen molar-refractivity contribution in [1.82, 2.24) is 0 Å². The molecule has 0 aliphatic rings. The molecule has 0 spiro atoms. The van der Waals surface area contributed by atoms with Crippen LogP contribution in [0, 0.1) is 5.82 Å². The number of hydrogen-bond acceptors (Lipinski definition) is 3. The first-order valence-corrected chi connectivity index (χ1v) is 10.8. The van der Waals surface area contributed by atoms with Gasteiger partial charge in [-0.1, -0.05) is 31.8 Å². The van der Waals surface area contributed by atoms with E-state index < -0.39 is 25.1 Å². The van der Waals surface area contributed by atoms with Crippen LogP contribution in [0.4, 0.5) is 4.39 Å². The Bertz CT molecular complexity index is 560. The molecule has 121 valence electrons. The number of benzene rings is 1. The van der Waals surface area contributed by atoms with Crippen LogP contribution in [0.15, 0.2) is 12.1 Å². The molecule has 1 radical (unpaired) electrons. The van der Waals surface area contributed by atoms with Gasteiger partial charge in [0.25, 0.3) is 0 Å². The van der Waals surface area contributed by atoms with Gasteiger partial charge in [-0.15, -0.1) is 0 Å². The van der Waals surface area contributed by atoms with Gasteiger partial charge in [0.1, 0.15) is 5.82 Å². The van der Waals surface area contributed by atoms with Crippen molar-refractivity contribution in [1.29, 1.82) is 0 Å². The van der Waals surface area contributed by atoms with Gasteiger partial charge in [-0.25, -0.2) is 4.39 Å². The van der Waals surface area contributed by atoms with Crippen LogP contribution in [0.2, 0.25) is 19.6 Å². The van der Waals surface area contributed by atoms with Gasteiger partial charge in [-0.05, 0) is 38.3 Å². The number of aliphatic hydroxyl groups is 1. The van der Waals surface area contributed by atoms with Crippen molar-refractivity contribution in [2.45, 2.75) is 58.5 Å². The van der Waals surface area contributed by atoms with E-state index in [4.69, 9.17) is 4.65 Å². The Labute approximate surface area is 134 Å². The summed E-state index contributed by atoms with van der Waals surface area (Å²) in [7, 11) is -0.521. The van der Waals surface area contributed by atoms with Crippen LogP contribution in [0.5, 0.6) is 0 Å². The molecule has 0 fully saturated rings. The third-order valence-corrected chi connectivity index (χ3v) is 6.10. The number of rotatable bonds is 6. The maximum absolute atomic E-state index is 14.6. The van der Waals surface area contributed by atoms with E-state index in [-0.39, 0.29) is 5.56 Å². The van der Waals surface area contributed by atoms with Crippen molar-refractivity contribution in [3.63, 3.8) is 0 Å². The lowest BCUT2D eigenvalue weighted by atomic mass is 9.80. The van der Waals surface area contributed by atoms with Crippen LogP contribution >= 0.6 is 0 Å². The average Bonchev–Trinajstić information content (AvgIpc) is 2.33. The molecule has 1 N–H and O–H groups in total. The first kappa shape index (κ1) is 19.1. The van der Waals surface area contributed by atoms with Crippen LogP contribution in [0.1, 0.15) is 38.1 Å². The van der Waals surface area contributed by atoms with Crippen molar-refractivity contribution in [3.8, 4) is 0 Å². The summed E-state index contributed by atoms with van der Waals surface area (Å²) >= 11 is 0. The molecule has 0 saturated carbocycles. The molecule has 6 heteroatoms. The predicted molar refractivity (Wildman–Crippen MR) is 91.6 cm³/mol. The van der Waals surface area contributed by atoms with Gasteiger partial charge in [0, 0.05) is 5.56 Å². The summed E-state index contributed by atoms with van der Waals surface area (Å²) in [6.45, 7) is 12.8. The highest BCUT2D eigenvalue weighted by Gasteiger charge is 2.36. The molecule has 1 rings (SSSR count). The molecule has 0 atom stereocenters. The molecule has 0 bridgehead atoms. The maximum atomic E-state index is 14.6. The summed E-state index contributed by atoms with van der Waals surface area (Å²) in [6.07, 6.45) is 0.519. The second kappa shape index (κ2) is 6.26. The first-order chi connectivity index (χ1) is 9.81. The molecular formula is C16H25BFO3Si. The Hall–Kier alpha value is -0.978. The van der Waals surface area contributed by atoms with Crippen LogP contribution in [0.3, 0.4) is 0 Å². The first-order valence-electron chi connectivity index (χ1n) is 7.33. The van der Waals surface area contributed by atoms with E-state index in [1.165, 1.54) is 7.48 Å². The Morgan fingerprint density at radius 2 is 1.77 bits per heavy atom. The third kappa shape index (κ3) is 4.06. The molecule has 0 aliphatic carbocycles. The summed E-state index contributed by atoms with van der Waals surface area (Å²) in [5, 5.41) is 10.7. The van der Waals surface area contributed by atoms with Crippen LogP contribution in [0.25, 0.3) is 0 Å². The predicted octanol–water partition coefficient (Wildman–Crippen LogP) is 1.99. The molecule has 0 heterocycles. The number of halogens is 1. The molecule has 1 aromatic rings. The van der Waals surface area contributed by atoms with Gasteiger partial charge in [-0.2, -0.15) is 0 Å². The van der Waals surface area contributed by atoms with Gasteiger partial charge in [-0.3, -0.25) is 4.79 Å². The molecule has 22 heavy (non-hydrogen) atoms. The van der Waals surface area contributed by atoms with Crippen LogP contribution in [-0.4, -0.2) is 38.2 Å². The van der Waals surface area contributed by atoms with Crippen molar-refractivity contribution >= 4 is 32.5 Å². The number of carbonyl (C=O) groups is 1. The fourth-order valence-corrected chi connectivity index (χ4v) is 3.14. The number of hydrogen-bond donors (Lipinski definition) is 1. The van der Waals surface area contributed by atoms with E-state index in [9.17, 15) is 14.3 Å². The SMILES string of the molecule is CC(C)(O)C(C)(C)O[B]c1ccc([Si](C)(C)C)c(F)c1C=O. The fraction of sp³-hybridized carbons (Fsp3) is 0.562. The summed E-state index contributed by atoms with van der Waals surface area (Å²) < 4.78 is 20.2. The molecule has 1 aromatic carbocycles. The average molecular weight is 323 g/mol. The van der Waals surface area contributed by atoms with Gasteiger partial charge < -0.3 is 9.76 Å². The van der Waals surface area contributed by atoms with Gasteiger partial charge in [0.15, 0.2) is 6.29 Å². The largest absolute Gasteiger partial charge is 0.427 e. The normalized spacial score (nSPS) is 13.1. The second-order valence-corrected chi connectivity index (χ2v) is 12.6. The van der Waals surface area contributed by atoms with E-state index in [0.29, 0.717) is 16.9 Å². The number of aldehydes is 1. The summed E-state index contributed by atoms with van der Waals surface area (Å²) in [5.41, 5.74) is -1.57. The Balaban J connectivity index is 3.13. The molecule has 0 aliphatic heterocycles. The zero-order valence-corrected chi connectivity index (χ0v) is 15.5. The van der Waals surface area contributed by atoms with E-state index in [0.717, 1.165) is 0 Å². The molecule has 0 amide bonds. The molecule has 3 nitrogen and oxygen atoms in total. The smallest absolute Gasteiger partial charge is 0.331 e. The van der Waals surface area contributed by atoms with Gasteiger partial charge >= 0.3 is 7.48 Å². The van der Waals surface area contributed by atoms with E-state index in [1.54, 1.807) is 39.8 Å². The quantitative estimate of drug-likeness (QED) is 0.643. The summed E-state index contributed by atoms with van der Waals surface area (Å²) in [5.74, 6) is -0.465. The number of carbonyl (C=O) groups excluding carboxylic acids is 1. The lowest BCUT2D eigenvalue weighted by Gasteiger charge is -2.37. The van der Waals surface area contributed by atoms with Crippen LogP contribution in [-0.2, 0) is 4.65 Å². The Morgan fingerprint density at radius 1 is 1.23 bits per heavy atom. The van der Waals surface area contributed by atoms with Crippen molar-refractivity contribution in [2.75, 3.05) is 0 Å². The van der Waals surface area contributed by atoms with Crippen molar-refractivity contribution in [3.05, 3.63) is 23.5 Å². The minimum Gasteiger partial charge on any atom is -0.427 e. The lowest BCUT2D eigenvalue weighted by molar-refractivity contribution is -0.0893. The fourth-order valence-electron chi connectivity index (χ4n) is 1.76. The Morgan fingerprint density at radius 3 is 2.18 bits per heavy atom.